The number of benzene rings is 1. The lowest BCUT2D eigenvalue weighted by molar-refractivity contribution is 0.215. The Labute approximate surface area is 169 Å². The first-order valence-corrected chi connectivity index (χ1v) is 10.3. The first kappa shape index (κ1) is 20.4. The normalized spacial score (nSPS) is 14.8. The molecule has 1 heterocycles. The monoisotopic (exact) mass is 382 g/mol. The lowest BCUT2D eigenvalue weighted by Gasteiger charge is -2.26. The van der Waals surface area contributed by atoms with E-state index >= 15 is 0 Å². The minimum atomic E-state index is 0.594. The molecule has 0 radical (unpaired) electrons. The number of nitrogens with one attached hydrogen (secondary N) is 2. The van der Waals surface area contributed by atoms with Crippen LogP contribution in [0.5, 0.6) is 0 Å². The van der Waals surface area contributed by atoms with E-state index < -0.39 is 0 Å². The molecule has 6 heteroatoms. The van der Waals surface area contributed by atoms with E-state index in [1.165, 1.54) is 18.4 Å². The van der Waals surface area contributed by atoms with Gasteiger partial charge >= 0.3 is 0 Å². The van der Waals surface area contributed by atoms with Crippen LogP contribution in [0.25, 0.3) is 5.69 Å². The molecule has 0 aliphatic heterocycles. The molecule has 28 heavy (non-hydrogen) atoms. The molecule has 0 atom stereocenters. The topological polar surface area (TPSA) is 57.5 Å². The van der Waals surface area contributed by atoms with E-state index in [9.17, 15) is 0 Å². The zero-order valence-electron chi connectivity index (χ0n) is 17.9. The number of guanidine groups is 1. The summed E-state index contributed by atoms with van der Waals surface area (Å²) in [6, 6.07) is 11.9. The Kier molecular flexibility index (Phi) is 6.73. The zero-order valence-corrected chi connectivity index (χ0v) is 17.9. The van der Waals surface area contributed by atoms with E-state index in [1.54, 1.807) is 0 Å². The largest absolute Gasteiger partial charge is 0.355 e. The van der Waals surface area contributed by atoms with Crippen molar-refractivity contribution in [2.75, 3.05) is 20.1 Å². The molecular weight excluding hydrogens is 348 g/mol. The molecular formula is C22H34N6. The van der Waals surface area contributed by atoms with E-state index in [4.69, 9.17) is 0 Å². The van der Waals surface area contributed by atoms with Gasteiger partial charge in [-0.2, -0.15) is 5.10 Å². The van der Waals surface area contributed by atoms with Crippen molar-refractivity contribution in [3.63, 3.8) is 0 Å². The van der Waals surface area contributed by atoms with Crippen molar-refractivity contribution in [2.45, 2.75) is 59.2 Å². The van der Waals surface area contributed by atoms with Crippen molar-refractivity contribution >= 4 is 5.96 Å². The van der Waals surface area contributed by atoms with Crippen molar-refractivity contribution < 1.29 is 0 Å². The fourth-order valence-electron chi connectivity index (χ4n) is 3.71. The first-order chi connectivity index (χ1) is 13.5. The van der Waals surface area contributed by atoms with E-state index in [0.29, 0.717) is 12.6 Å². The molecule has 1 aromatic heterocycles. The van der Waals surface area contributed by atoms with Crippen molar-refractivity contribution in [3.8, 4) is 5.69 Å². The van der Waals surface area contributed by atoms with Crippen LogP contribution in [0.3, 0.4) is 0 Å². The van der Waals surface area contributed by atoms with Gasteiger partial charge in [0.15, 0.2) is 5.96 Å². The SMILES string of the molecule is CN=C(NCCN(C(C)C)C1CC1)NCc1ccccc1-n1nc(C)cc1C. The summed E-state index contributed by atoms with van der Waals surface area (Å²) in [5, 5.41) is 11.5. The minimum Gasteiger partial charge on any atom is -0.355 e. The fourth-order valence-corrected chi connectivity index (χ4v) is 3.71. The van der Waals surface area contributed by atoms with Gasteiger partial charge in [0, 0.05) is 44.5 Å². The van der Waals surface area contributed by atoms with Gasteiger partial charge in [-0.1, -0.05) is 18.2 Å². The van der Waals surface area contributed by atoms with Gasteiger partial charge in [0.1, 0.15) is 0 Å². The summed E-state index contributed by atoms with van der Waals surface area (Å²) in [6.45, 7) is 11.3. The predicted molar refractivity (Wildman–Crippen MR) is 116 cm³/mol. The number of hydrogen-bond acceptors (Lipinski definition) is 3. The quantitative estimate of drug-likeness (QED) is 0.544. The second-order valence-corrected chi connectivity index (χ2v) is 7.88. The van der Waals surface area contributed by atoms with Crippen LogP contribution in [0.2, 0.25) is 0 Å². The third-order valence-corrected chi connectivity index (χ3v) is 5.24. The predicted octanol–water partition coefficient (Wildman–Crippen LogP) is 3.03. The zero-order chi connectivity index (χ0) is 20.1. The van der Waals surface area contributed by atoms with Gasteiger partial charge in [-0.3, -0.25) is 9.89 Å². The van der Waals surface area contributed by atoms with Crippen LogP contribution in [-0.2, 0) is 6.54 Å². The Balaban J connectivity index is 1.58. The van der Waals surface area contributed by atoms with Crippen LogP contribution in [0.4, 0.5) is 0 Å². The van der Waals surface area contributed by atoms with Gasteiger partial charge in [-0.25, -0.2) is 4.68 Å². The molecule has 1 aromatic carbocycles. The summed E-state index contributed by atoms with van der Waals surface area (Å²) in [7, 11) is 1.82. The molecule has 0 unspecified atom stereocenters. The van der Waals surface area contributed by atoms with Crippen molar-refractivity contribution in [3.05, 3.63) is 47.3 Å². The highest BCUT2D eigenvalue weighted by Gasteiger charge is 2.30. The van der Waals surface area contributed by atoms with Crippen LogP contribution < -0.4 is 10.6 Å². The Morgan fingerprint density at radius 1 is 1.25 bits per heavy atom. The minimum absolute atomic E-state index is 0.594. The van der Waals surface area contributed by atoms with Crippen LogP contribution in [-0.4, -0.2) is 52.9 Å². The van der Waals surface area contributed by atoms with E-state index in [2.05, 4.69) is 76.7 Å². The molecule has 1 aliphatic carbocycles. The second kappa shape index (κ2) is 9.24. The van der Waals surface area contributed by atoms with Crippen molar-refractivity contribution in [1.82, 2.24) is 25.3 Å². The molecule has 2 N–H and O–H groups in total. The van der Waals surface area contributed by atoms with Gasteiger partial charge in [-0.05, 0) is 58.2 Å². The standard InChI is InChI=1S/C22H34N6/c1-16(2)27(20-10-11-20)13-12-24-22(23-5)25-15-19-8-6-7-9-21(19)28-18(4)14-17(3)26-28/h6-9,14,16,20H,10-13,15H2,1-5H3,(H2,23,24,25). The maximum Gasteiger partial charge on any atom is 0.191 e. The summed E-state index contributed by atoms with van der Waals surface area (Å²) in [4.78, 5) is 6.96. The lowest BCUT2D eigenvalue weighted by Crippen LogP contribution is -2.43. The maximum absolute atomic E-state index is 4.63. The average Bonchev–Trinajstić information content (AvgIpc) is 3.45. The summed E-state index contributed by atoms with van der Waals surface area (Å²) in [6.07, 6.45) is 2.68. The summed E-state index contributed by atoms with van der Waals surface area (Å²) >= 11 is 0. The summed E-state index contributed by atoms with van der Waals surface area (Å²) in [5.74, 6) is 0.836. The molecule has 1 aliphatic rings. The van der Waals surface area contributed by atoms with Crippen molar-refractivity contribution in [1.29, 1.82) is 0 Å². The molecule has 1 fully saturated rings. The van der Waals surface area contributed by atoms with Gasteiger partial charge in [0.25, 0.3) is 0 Å². The molecule has 1 saturated carbocycles. The Morgan fingerprint density at radius 3 is 2.61 bits per heavy atom. The Bertz CT molecular complexity index is 801. The van der Waals surface area contributed by atoms with Gasteiger partial charge in [-0.15, -0.1) is 0 Å². The third kappa shape index (κ3) is 5.13. The smallest absolute Gasteiger partial charge is 0.191 e. The highest BCUT2D eigenvalue weighted by atomic mass is 15.3. The summed E-state index contributed by atoms with van der Waals surface area (Å²) in [5.41, 5.74) is 4.47. The summed E-state index contributed by atoms with van der Waals surface area (Å²) < 4.78 is 2.01. The molecule has 0 spiro atoms. The van der Waals surface area contributed by atoms with Gasteiger partial charge in [0.2, 0.25) is 0 Å². The second-order valence-electron chi connectivity index (χ2n) is 7.88. The molecule has 0 amide bonds. The number of aromatic nitrogens is 2. The number of para-hydroxylation sites is 1. The highest BCUT2D eigenvalue weighted by molar-refractivity contribution is 5.79. The number of aliphatic imine (C=N–C) groups is 1. The molecule has 152 valence electrons. The third-order valence-electron chi connectivity index (χ3n) is 5.24. The number of rotatable bonds is 8. The van der Waals surface area contributed by atoms with Crippen LogP contribution in [0.15, 0.2) is 35.3 Å². The number of nitrogens with zero attached hydrogens (tertiary/aromatic N) is 4. The molecule has 6 nitrogen and oxygen atoms in total. The van der Waals surface area contributed by atoms with Crippen LogP contribution >= 0.6 is 0 Å². The molecule has 0 bridgehead atoms. The van der Waals surface area contributed by atoms with E-state index in [-0.39, 0.29) is 0 Å². The van der Waals surface area contributed by atoms with Gasteiger partial charge < -0.3 is 10.6 Å². The maximum atomic E-state index is 4.63. The van der Waals surface area contributed by atoms with Crippen LogP contribution in [0.1, 0.15) is 43.6 Å². The highest BCUT2D eigenvalue weighted by Crippen LogP contribution is 2.27. The van der Waals surface area contributed by atoms with E-state index in [0.717, 1.165) is 42.2 Å². The lowest BCUT2D eigenvalue weighted by atomic mass is 10.1. The van der Waals surface area contributed by atoms with Crippen LogP contribution in [0, 0.1) is 13.8 Å². The molecule has 0 saturated heterocycles. The molecule has 2 aromatic rings. The fraction of sp³-hybridized carbons (Fsp3) is 0.545. The number of hydrogen-bond donors (Lipinski definition) is 2. The Morgan fingerprint density at radius 2 is 2.00 bits per heavy atom. The van der Waals surface area contributed by atoms with Gasteiger partial charge in [0.05, 0.1) is 11.4 Å². The van der Waals surface area contributed by atoms with E-state index in [1.807, 2.05) is 18.7 Å². The average molecular weight is 383 g/mol. The number of aryl methyl sites for hydroxylation is 2. The Hall–Kier alpha value is -2.34. The first-order valence-electron chi connectivity index (χ1n) is 10.3. The van der Waals surface area contributed by atoms with Crippen molar-refractivity contribution in [2.24, 2.45) is 4.99 Å². The molecule has 3 rings (SSSR count).